The molecular formula is C33H47N3O6. The first-order valence-electron chi connectivity index (χ1n) is 15.4. The Labute approximate surface area is 250 Å². The number of unbranched alkanes of at least 4 members (excludes halogenated alkanes) is 1. The van der Waals surface area contributed by atoms with Gasteiger partial charge < -0.3 is 29.3 Å². The lowest BCUT2D eigenvalue weighted by atomic mass is 9.64. The molecule has 3 heterocycles. The molecule has 2 bridgehead atoms. The van der Waals surface area contributed by atoms with Gasteiger partial charge in [-0.25, -0.2) is 0 Å². The van der Waals surface area contributed by atoms with Gasteiger partial charge in [-0.05, 0) is 63.8 Å². The molecule has 3 amide bonds. The van der Waals surface area contributed by atoms with Crippen LogP contribution in [0.4, 0.5) is 5.69 Å². The standard InChI is InChI=1S/C33H47N3O6/c1-7-12-21-34(19-8-2)31(40)28-33-18-17-32(10-4,42-33)26(27(33)30(39)36(28)23(6)22-37)29(38)35(20-9-3)24-13-15-25(16-14-24)41-11-5/h8-9,13-16,23,26-28,37H,2-3,7,10-12,17-22H2,1,4-6H3/t23-,26-,27+,28?,32+,33?/m1/s1. The van der Waals surface area contributed by atoms with Crippen molar-refractivity contribution >= 4 is 23.4 Å². The third-order valence-corrected chi connectivity index (χ3v) is 9.34. The van der Waals surface area contributed by atoms with E-state index in [1.807, 2.05) is 38.1 Å². The monoisotopic (exact) mass is 581 g/mol. The molecule has 0 saturated carbocycles. The van der Waals surface area contributed by atoms with Crippen molar-refractivity contribution in [2.75, 3.05) is 37.7 Å². The predicted octanol–water partition coefficient (Wildman–Crippen LogP) is 3.95. The largest absolute Gasteiger partial charge is 0.494 e. The van der Waals surface area contributed by atoms with Crippen molar-refractivity contribution in [3.63, 3.8) is 0 Å². The highest BCUT2D eigenvalue weighted by Gasteiger charge is 2.79. The summed E-state index contributed by atoms with van der Waals surface area (Å²) in [5, 5.41) is 10.2. The number of aliphatic hydroxyl groups is 1. The minimum absolute atomic E-state index is 0.214. The Morgan fingerprint density at radius 2 is 1.83 bits per heavy atom. The SMILES string of the molecule is C=CCN(CCCC)C(=O)C1N([C@H](C)CO)C(=O)[C@@H]2[C@H](C(=O)N(CC=C)c3ccc(OCC)cc3)[C@]3(CC)CCC12O3. The Kier molecular flexibility index (Phi) is 9.83. The second-order valence-electron chi connectivity index (χ2n) is 11.7. The minimum Gasteiger partial charge on any atom is -0.494 e. The number of aliphatic hydroxyl groups excluding tert-OH is 1. The van der Waals surface area contributed by atoms with E-state index in [1.54, 1.807) is 28.9 Å². The van der Waals surface area contributed by atoms with Crippen LogP contribution in [0.15, 0.2) is 49.6 Å². The topological polar surface area (TPSA) is 99.6 Å². The first kappa shape index (κ1) is 31.8. The van der Waals surface area contributed by atoms with E-state index in [4.69, 9.17) is 9.47 Å². The Bertz CT molecular complexity index is 1170. The van der Waals surface area contributed by atoms with E-state index in [-0.39, 0.29) is 30.9 Å². The van der Waals surface area contributed by atoms with Crippen molar-refractivity contribution in [1.82, 2.24) is 9.80 Å². The number of amides is 3. The van der Waals surface area contributed by atoms with Crippen LogP contribution in [0.3, 0.4) is 0 Å². The fourth-order valence-electron chi connectivity index (χ4n) is 7.35. The summed E-state index contributed by atoms with van der Waals surface area (Å²) in [6, 6.07) is 5.76. The first-order valence-corrected chi connectivity index (χ1v) is 15.4. The van der Waals surface area contributed by atoms with Crippen LogP contribution in [0.1, 0.15) is 59.8 Å². The van der Waals surface area contributed by atoms with E-state index in [1.165, 1.54) is 4.90 Å². The van der Waals surface area contributed by atoms with Gasteiger partial charge in [-0.3, -0.25) is 14.4 Å². The van der Waals surface area contributed by atoms with Gasteiger partial charge in [0.25, 0.3) is 0 Å². The second kappa shape index (κ2) is 13.0. The number of carbonyl (C=O) groups is 3. The Hall–Kier alpha value is -3.17. The van der Waals surface area contributed by atoms with Crippen LogP contribution in [0.5, 0.6) is 5.75 Å². The molecule has 230 valence electrons. The van der Waals surface area contributed by atoms with Crippen molar-refractivity contribution < 1.29 is 29.0 Å². The van der Waals surface area contributed by atoms with E-state index < -0.39 is 35.1 Å². The summed E-state index contributed by atoms with van der Waals surface area (Å²) < 4.78 is 12.5. The van der Waals surface area contributed by atoms with Gasteiger partial charge in [-0.15, -0.1) is 13.2 Å². The molecule has 1 aromatic carbocycles. The third-order valence-electron chi connectivity index (χ3n) is 9.34. The van der Waals surface area contributed by atoms with E-state index in [2.05, 4.69) is 20.1 Å². The number of anilines is 1. The number of carbonyl (C=O) groups excluding carboxylic acids is 3. The summed E-state index contributed by atoms with van der Waals surface area (Å²) in [6.45, 7) is 16.8. The Morgan fingerprint density at radius 3 is 2.40 bits per heavy atom. The lowest BCUT2D eigenvalue weighted by molar-refractivity contribution is -0.155. The molecule has 0 radical (unpaired) electrons. The van der Waals surface area contributed by atoms with E-state index >= 15 is 0 Å². The Balaban J connectivity index is 1.79. The lowest BCUT2D eigenvalue weighted by Gasteiger charge is -2.38. The summed E-state index contributed by atoms with van der Waals surface area (Å²) in [7, 11) is 0. The number of likely N-dealkylation sites (tertiary alicyclic amines) is 1. The zero-order chi connectivity index (χ0) is 30.7. The molecule has 3 fully saturated rings. The summed E-state index contributed by atoms with van der Waals surface area (Å²) in [4.78, 5) is 48.3. The second-order valence-corrected chi connectivity index (χ2v) is 11.7. The number of hydrogen-bond donors (Lipinski definition) is 1. The van der Waals surface area contributed by atoms with Crippen LogP contribution < -0.4 is 9.64 Å². The van der Waals surface area contributed by atoms with Gasteiger partial charge in [0, 0.05) is 25.3 Å². The van der Waals surface area contributed by atoms with Gasteiger partial charge in [0.2, 0.25) is 17.7 Å². The van der Waals surface area contributed by atoms with E-state index in [9.17, 15) is 19.5 Å². The van der Waals surface area contributed by atoms with Crippen molar-refractivity contribution in [2.24, 2.45) is 11.8 Å². The number of nitrogens with zero attached hydrogens (tertiary/aromatic N) is 3. The average Bonchev–Trinajstić information content (AvgIpc) is 3.61. The molecule has 1 N–H and O–H groups in total. The molecule has 42 heavy (non-hydrogen) atoms. The zero-order valence-corrected chi connectivity index (χ0v) is 25.6. The summed E-state index contributed by atoms with van der Waals surface area (Å²) in [6.07, 6.45) is 6.67. The quantitative estimate of drug-likeness (QED) is 0.315. The number of rotatable bonds is 15. The van der Waals surface area contributed by atoms with Crippen LogP contribution in [0, 0.1) is 11.8 Å². The van der Waals surface area contributed by atoms with Crippen molar-refractivity contribution in [3.8, 4) is 5.75 Å². The predicted molar refractivity (Wildman–Crippen MR) is 162 cm³/mol. The third kappa shape index (κ3) is 5.15. The van der Waals surface area contributed by atoms with Crippen molar-refractivity contribution in [1.29, 1.82) is 0 Å². The van der Waals surface area contributed by atoms with E-state index in [0.29, 0.717) is 50.4 Å². The molecule has 1 spiro atoms. The fraction of sp³-hybridized carbons (Fsp3) is 0.606. The van der Waals surface area contributed by atoms with E-state index in [0.717, 1.165) is 12.8 Å². The van der Waals surface area contributed by atoms with Crippen LogP contribution >= 0.6 is 0 Å². The molecule has 1 aromatic rings. The number of hydrogen-bond acceptors (Lipinski definition) is 6. The molecule has 6 atom stereocenters. The van der Waals surface area contributed by atoms with Gasteiger partial charge in [0.1, 0.15) is 17.4 Å². The smallest absolute Gasteiger partial charge is 0.248 e. The molecule has 3 aliphatic rings. The van der Waals surface area contributed by atoms with Gasteiger partial charge in [0.15, 0.2) is 0 Å². The first-order chi connectivity index (χ1) is 20.2. The molecule has 9 nitrogen and oxygen atoms in total. The van der Waals surface area contributed by atoms with Crippen LogP contribution in [0.25, 0.3) is 0 Å². The molecule has 4 rings (SSSR count). The average molecular weight is 582 g/mol. The molecule has 0 aliphatic carbocycles. The maximum Gasteiger partial charge on any atom is 0.248 e. The van der Waals surface area contributed by atoms with Gasteiger partial charge >= 0.3 is 0 Å². The van der Waals surface area contributed by atoms with Gasteiger partial charge in [0.05, 0.1) is 36.7 Å². The summed E-state index contributed by atoms with van der Waals surface area (Å²) in [5.41, 5.74) is -1.36. The zero-order valence-electron chi connectivity index (χ0n) is 25.6. The van der Waals surface area contributed by atoms with Crippen molar-refractivity contribution in [3.05, 3.63) is 49.6 Å². The maximum absolute atomic E-state index is 14.6. The molecular weight excluding hydrogens is 534 g/mol. The van der Waals surface area contributed by atoms with Gasteiger partial charge in [-0.2, -0.15) is 0 Å². The van der Waals surface area contributed by atoms with Crippen LogP contribution in [-0.4, -0.2) is 88.8 Å². The molecule has 0 aromatic heterocycles. The van der Waals surface area contributed by atoms with Crippen molar-refractivity contribution in [2.45, 2.75) is 83.1 Å². The molecule has 3 aliphatic heterocycles. The molecule has 2 unspecified atom stereocenters. The summed E-state index contributed by atoms with van der Waals surface area (Å²) >= 11 is 0. The number of benzene rings is 1. The number of ether oxygens (including phenoxy) is 2. The van der Waals surface area contributed by atoms with Gasteiger partial charge in [-0.1, -0.05) is 32.4 Å². The highest BCUT2D eigenvalue weighted by Crippen LogP contribution is 2.65. The molecule has 9 heteroatoms. The lowest BCUT2D eigenvalue weighted by Crippen LogP contribution is -2.58. The normalized spacial score (nSPS) is 28.4. The number of fused-ring (bicyclic) bond motifs is 1. The highest BCUT2D eigenvalue weighted by atomic mass is 16.5. The van der Waals surface area contributed by atoms with Crippen LogP contribution in [-0.2, 0) is 19.1 Å². The highest BCUT2D eigenvalue weighted by molar-refractivity contribution is 6.03. The Morgan fingerprint density at radius 1 is 1.14 bits per heavy atom. The molecule has 3 saturated heterocycles. The fourth-order valence-corrected chi connectivity index (χ4v) is 7.35. The van der Waals surface area contributed by atoms with Crippen LogP contribution in [0.2, 0.25) is 0 Å². The minimum atomic E-state index is -1.15. The summed E-state index contributed by atoms with van der Waals surface area (Å²) in [5.74, 6) is -1.66. The maximum atomic E-state index is 14.6.